The van der Waals surface area contributed by atoms with Gasteiger partial charge in [-0.25, -0.2) is 4.98 Å². The number of rotatable bonds is 1. The van der Waals surface area contributed by atoms with E-state index in [-0.39, 0.29) is 0 Å². The normalized spacial score (nSPS) is 27.5. The fraction of sp³-hybridized carbons (Fsp3) is 0.600. The molecule has 5 nitrogen and oxygen atoms in total. The Balaban J connectivity index is 1.70. The molecule has 5 rings (SSSR count). The molecule has 2 aliphatic heterocycles. The van der Waals surface area contributed by atoms with Crippen LogP contribution >= 0.6 is 11.3 Å². The number of piperazine rings is 1. The summed E-state index contributed by atoms with van der Waals surface area (Å²) >= 11 is 1.91. The van der Waals surface area contributed by atoms with Crippen LogP contribution in [0.15, 0.2) is 0 Å². The molecule has 3 N–H and O–H groups in total. The van der Waals surface area contributed by atoms with Gasteiger partial charge >= 0.3 is 0 Å². The first-order valence-corrected chi connectivity index (χ1v) is 8.69. The number of nitrogen functional groups attached to an aromatic ring is 1. The maximum atomic E-state index is 6.02. The number of aryl methyl sites for hydroxylation is 2. The van der Waals surface area contributed by atoms with E-state index in [1.807, 2.05) is 11.3 Å². The van der Waals surface area contributed by atoms with Crippen LogP contribution in [0.25, 0.3) is 10.2 Å². The van der Waals surface area contributed by atoms with Gasteiger partial charge in [-0.1, -0.05) is 0 Å². The van der Waals surface area contributed by atoms with Crippen LogP contribution in [0.3, 0.4) is 0 Å². The fourth-order valence-electron chi connectivity index (χ4n) is 4.13. The Morgan fingerprint density at radius 1 is 1.24 bits per heavy atom. The molecule has 2 aromatic rings. The number of nitrogens with one attached hydrogen (secondary N) is 1. The van der Waals surface area contributed by atoms with Crippen molar-refractivity contribution in [1.29, 1.82) is 0 Å². The van der Waals surface area contributed by atoms with Gasteiger partial charge in [0.2, 0.25) is 5.95 Å². The number of nitrogens with two attached hydrogens (primary N) is 1. The van der Waals surface area contributed by atoms with Crippen LogP contribution in [0.1, 0.15) is 29.7 Å². The quantitative estimate of drug-likeness (QED) is 0.839. The van der Waals surface area contributed by atoms with Gasteiger partial charge in [-0.3, -0.25) is 0 Å². The molecule has 21 heavy (non-hydrogen) atoms. The van der Waals surface area contributed by atoms with E-state index in [0.29, 0.717) is 18.0 Å². The van der Waals surface area contributed by atoms with Gasteiger partial charge in [-0.15, -0.1) is 11.3 Å². The molecule has 2 bridgehead atoms. The second-order valence-corrected chi connectivity index (χ2v) is 7.55. The minimum atomic E-state index is 0.430. The molecule has 0 saturated carbocycles. The highest BCUT2D eigenvalue weighted by Crippen LogP contribution is 2.41. The van der Waals surface area contributed by atoms with Gasteiger partial charge < -0.3 is 16.0 Å². The van der Waals surface area contributed by atoms with E-state index in [1.54, 1.807) is 0 Å². The third-order valence-corrected chi connectivity index (χ3v) is 6.40. The molecule has 0 radical (unpaired) electrons. The van der Waals surface area contributed by atoms with Crippen molar-refractivity contribution in [3.8, 4) is 0 Å². The van der Waals surface area contributed by atoms with Gasteiger partial charge in [0.25, 0.3) is 0 Å². The van der Waals surface area contributed by atoms with Gasteiger partial charge in [0, 0.05) is 30.1 Å². The third kappa shape index (κ3) is 1.72. The Kier molecular flexibility index (Phi) is 2.49. The Labute approximate surface area is 127 Å². The van der Waals surface area contributed by atoms with Gasteiger partial charge in [-0.05, 0) is 37.7 Å². The zero-order valence-corrected chi connectivity index (χ0v) is 12.7. The van der Waals surface area contributed by atoms with Crippen LogP contribution in [-0.2, 0) is 12.8 Å². The van der Waals surface area contributed by atoms with Crippen LogP contribution < -0.4 is 16.0 Å². The lowest BCUT2D eigenvalue weighted by Crippen LogP contribution is -2.44. The minimum absolute atomic E-state index is 0.430. The maximum Gasteiger partial charge on any atom is 0.222 e. The summed E-state index contributed by atoms with van der Waals surface area (Å²) < 4.78 is 1.27. The molecule has 3 aliphatic rings. The smallest absolute Gasteiger partial charge is 0.222 e. The van der Waals surface area contributed by atoms with Crippen LogP contribution in [0, 0.1) is 0 Å². The summed E-state index contributed by atoms with van der Waals surface area (Å²) in [5, 5.41) is 3.55. The van der Waals surface area contributed by atoms with Gasteiger partial charge in [0.1, 0.15) is 0 Å². The average molecular weight is 301 g/mol. The molecule has 4 heterocycles. The summed E-state index contributed by atoms with van der Waals surface area (Å²) in [4.78, 5) is 13.2. The molecule has 0 aromatic carbocycles. The molecule has 2 atom stereocenters. The Morgan fingerprint density at radius 3 is 2.95 bits per heavy atom. The van der Waals surface area contributed by atoms with Crippen molar-refractivity contribution in [2.45, 2.75) is 44.2 Å². The molecular formula is C15H19N5S. The number of hydrogen-bond donors (Lipinski definition) is 2. The molecule has 2 aromatic heterocycles. The van der Waals surface area contributed by atoms with Crippen molar-refractivity contribution < 1.29 is 0 Å². The third-order valence-electron chi connectivity index (χ3n) is 5.12. The Hall–Kier alpha value is -1.40. The molecule has 1 aliphatic carbocycles. The molecule has 0 spiro atoms. The first-order valence-electron chi connectivity index (χ1n) is 7.87. The second-order valence-electron chi connectivity index (χ2n) is 6.44. The zero-order valence-electron chi connectivity index (χ0n) is 11.9. The van der Waals surface area contributed by atoms with Crippen molar-refractivity contribution in [3.05, 3.63) is 10.4 Å². The Bertz CT molecular complexity index is 724. The monoisotopic (exact) mass is 301 g/mol. The SMILES string of the molecule is Nc1nc(N2C[C@@H]3C[C@H]2CN3)c2sc3c(c2n1)CCCC3. The Morgan fingerprint density at radius 2 is 2.14 bits per heavy atom. The van der Waals surface area contributed by atoms with Crippen molar-refractivity contribution >= 4 is 33.3 Å². The lowest BCUT2D eigenvalue weighted by Gasteiger charge is -2.28. The highest BCUT2D eigenvalue weighted by atomic mass is 32.1. The van der Waals surface area contributed by atoms with Gasteiger partial charge in [0.05, 0.1) is 10.2 Å². The van der Waals surface area contributed by atoms with E-state index in [9.17, 15) is 0 Å². The number of nitrogens with zero attached hydrogens (tertiary/aromatic N) is 3. The van der Waals surface area contributed by atoms with Crippen molar-refractivity contribution in [3.63, 3.8) is 0 Å². The number of thiophene rings is 1. The fourth-order valence-corrected chi connectivity index (χ4v) is 5.47. The van der Waals surface area contributed by atoms with Crippen LogP contribution in [0.5, 0.6) is 0 Å². The topological polar surface area (TPSA) is 67.1 Å². The molecule has 0 amide bonds. The van der Waals surface area contributed by atoms with Crippen molar-refractivity contribution in [2.75, 3.05) is 23.7 Å². The van der Waals surface area contributed by atoms with Crippen LogP contribution in [0.4, 0.5) is 11.8 Å². The maximum absolute atomic E-state index is 6.02. The number of anilines is 2. The standard InChI is InChI=1S/C15H19N5S/c16-15-18-12-10-3-1-2-4-11(10)21-13(12)14(19-15)20-7-8-5-9(20)6-17-8/h8-9,17H,1-7H2,(H2,16,18,19)/t8-,9-/m0/s1. The predicted octanol–water partition coefficient (Wildman–Crippen LogP) is 1.70. The molecule has 110 valence electrons. The first kappa shape index (κ1) is 12.2. The van der Waals surface area contributed by atoms with Crippen LogP contribution in [-0.4, -0.2) is 35.1 Å². The summed E-state index contributed by atoms with van der Waals surface area (Å²) in [5.41, 5.74) is 8.60. The molecule has 2 fully saturated rings. The summed E-state index contributed by atoms with van der Waals surface area (Å²) in [6.45, 7) is 2.12. The highest BCUT2D eigenvalue weighted by Gasteiger charge is 2.39. The van der Waals surface area contributed by atoms with E-state index in [4.69, 9.17) is 5.73 Å². The highest BCUT2D eigenvalue weighted by molar-refractivity contribution is 7.19. The molecule has 0 unspecified atom stereocenters. The van der Waals surface area contributed by atoms with E-state index >= 15 is 0 Å². The largest absolute Gasteiger partial charge is 0.368 e. The minimum Gasteiger partial charge on any atom is -0.368 e. The molecular weight excluding hydrogens is 282 g/mol. The lowest BCUT2D eigenvalue weighted by atomic mass is 9.98. The zero-order chi connectivity index (χ0) is 14.0. The van der Waals surface area contributed by atoms with E-state index < -0.39 is 0 Å². The molecule has 2 saturated heterocycles. The second kappa shape index (κ2) is 4.30. The number of fused-ring (bicyclic) bond motifs is 5. The van der Waals surface area contributed by atoms with Crippen molar-refractivity contribution in [2.24, 2.45) is 0 Å². The predicted molar refractivity (Wildman–Crippen MR) is 86.0 cm³/mol. The molecule has 6 heteroatoms. The lowest BCUT2D eigenvalue weighted by molar-refractivity contribution is 0.578. The number of aromatic nitrogens is 2. The number of hydrogen-bond acceptors (Lipinski definition) is 6. The van der Waals surface area contributed by atoms with E-state index in [2.05, 4.69) is 20.2 Å². The summed E-state index contributed by atoms with van der Waals surface area (Å²) in [5.74, 6) is 1.52. The van der Waals surface area contributed by atoms with Crippen LogP contribution in [0.2, 0.25) is 0 Å². The van der Waals surface area contributed by atoms with E-state index in [1.165, 1.54) is 40.8 Å². The summed E-state index contributed by atoms with van der Waals surface area (Å²) in [6.07, 6.45) is 6.16. The van der Waals surface area contributed by atoms with Gasteiger partial charge in [-0.2, -0.15) is 4.98 Å². The van der Waals surface area contributed by atoms with Gasteiger partial charge in [0.15, 0.2) is 5.82 Å². The summed E-state index contributed by atoms with van der Waals surface area (Å²) in [7, 11) is 0. The van der Waals surface area contributed by atoms with Crippen molar-refractivity contribution in [1.82, 2.24) is 15.3 Å². The summed E-state index contributed by atoms with van der Waals surface area (Å²) in [6, 6.07) is 1.20. The van der Waals surface area contributed by atoms with E-state index in [0.717, 1.165) is 30.8 Å². The average Bonchev–Trinajstić information content (AvgIpc) is 3.19. The first-order chi connectivity index (χ1) is 10.3.